The van der Waals surface area contributed by atoms with Gasteiger partial charge in [0.1, 0.15) is 21.9 Å². The Kier molecular flexibility index (Phi) is 9.05. The summed E-state index contributed by atoms with van der Waals surface area (Å²) in [4.78, 5) is 23.3. The summed E-state index contributed by atoms with van der Waals surface area (Å²) in [7, 11) is -3.14. The molecule has 0 spiro atoms. The van der Waals surface area contributed by atoms with Gasteiger partial charge in [-0.3, -0.25) is 4.79 Å². The van der Waals surface area contributed by atoms with Gasteiger partial charge in [0.2, 0.25) is 5.91 Å². The molecule has 1 N–H and O–H groups in total. The second kappa shape index (κ2) is 9.94. The molecule has 0 aromatic rings. The number of carbonyl (C=O) groups excluding carboxylic acids is 2. The van der Waals surface area contributed by atoms with Crippen LogP contribution in [0.1, 0.15) is 25.7 Å². The van der Waals surface area contributed by atoms with Gasteiger partial charge >= 0.3 is 5.97 Å². The summed E-state index contributed by atoms with van der Waals surface area (Å²) in [5.41, 5.74) is 0. The van der Waals surface area contributed by atoms with Gasteiger partial charge < -0.3 is 10.1 Å². The lowest BCUT2D eigenvalue weighted by Crippen LogP contribution is -2.42. The summed E-state index contributed by atoms with van der Waals surface area (Å²) >= 11 is 0. The fourth-order valence-electron chi connectivity index (χ4n) is 1.50. The molecule has 0 aromatic carbocycles. The van der Waals surface area contributed by atoms with Crippen LogP contribution in [0.15, 0.2) is 12.7 Å². The Morgan fingerprint density at radius 3 is 2.67 bits per heavy atom. The van der Waals surface area contributed by atoms with Crippen molar-refractivity contribution in [1.29, 1.82) is 5.26 Å². The van der Waals surface area contributed by atoms with E-state index in [0.29, 0.717) is 6.42 Å². The Morgan fingerprint density at radius 2 is 2.14 bits per heavy atom. The number of amides is 1. The predicted molar refractivity (Wildman–Crippen MR) is 76.9 cm³/mol. The van der Waals surface area contributed by atoms with Crippen molar-refractivity contribution in [2.75, 3.05) is 18.6 Å². The average molecular weight is 316 g/mol. The first kappa shape index (κ1) is 19.1. The Hall–Kier alpha value is -1.88. The molecule has 0 heterocycles. The number of hydrogen-bond donors (Lipinski definition) is 1. The SMILES string of the molecule is C=CCCC(=O)N[C@@H](CCCS(C)(=O)=O)C(=O)OCC#N. The molecule has 7 nitrogen and oxygen atoms in total. The second-order valence-electron chi connectivity index (χ2n) is 4.49. The van der Waals surface area contributed by atoms with Crippen LogP contribution in [-0.2, 0) is 24.2 Å². The van der Waals surface area contributed by atoms with Crippen LogP contribution in [0.25, 0.3) is 0 Å². The Bertz CT molecular complexity index is 507. The van der Waals surface area contributed by atoms with Gasteiger partial charge in [-0.25, -0.2) is 13.2 Å². The summed E-state index contributed by atoms with van der Waals surface area (Å²) in [5, 5.41) is 10.9. The molecule has 21 heavy (non-hydrogen) atoms. The van der Waals surface area contributed by atoms with Gasteiger partial charge in [0.15, 0.2) is 6.61 Å². The Labute approximate surface area is 124 Å². The molecule has 0 saturated heterocycles. The maximum absolute atomic E-state index is 11.7. The zero-order chi connectivity index (χ0) is 16.3. The van der Waals surface area contributed by atoms with Crippen molar-refractivity contribution in [3.05, 3.63) is 12.7 Å². The molecule has 1 atom stereocenters. The lowest BCUT2D eigenvalue weighted by atomic mass is 10.1. The lowest BCUT2D eigenvalue weighted by molar-refractivity contribution is -0.146. The first-order valence-electron chi connectivity index (χ1n) is 6.41. The van der Waals surface area contributed by atoms with Crippen molar-refractivity contribution < 1.29 is 22.7 Å². The summed E-state index contributed by atoms with van der Waals surface area (Å²) in [6, 6.07) is 0.710. The van der Waals surface area contributed by atoms with Crippen LogP contribution in [0.3, 0.4) is 0 Å². The number of ether oxygens (including phenoxy) is 1. The fraction of sp³-hybridized carbons (Fsp3) is 0.615. The molecule has 1 amide bonds. The van der Waals surface area contributed by atoms with Crippen molar-refractivity contribution in [2.45, 2.75) is 31.7 Å². The van der Waals surface area contributed by atoms with E-state index in [1.54, 1.807) is 12.1 Å². The average Bonchev–Trinajstić information content (AvgIpc) is 2.40. The van der Waals surface area contributed by atoms with Crippen molar-refractivity contribution in [2.24, 2.45) is 0 Å². The number of hydrogen-bond acceptors (Lipinski definition) is 6. The van der Waals surface area contributed by atoms with Crippen LogP contribution in [0.2, 0.25) is 0 Å². The van der Waals surface area contributed by atoms with Crippen LogP contribution < -0.4 is 5.32 Å². The number of nitrogens with one attached hydrogen (secondary N) is 1. The smallest absolute Gasteiger partial charge is 0.329 e. The molecule has 0 aliphatic rings. The zero-order valence-electron chi connectivity index (χ0n) is 12.0. The number of esters is 1. The summed E-state index contributed by atoms with van der Waals surface area (Å²) < 4.78 is 26.8. The third kappa shape index (κ3) is 10.6. The molecule has 0 aliphatic heterocycles. The Balaban J connectivity index is 4.53. The number of nitrogens with zero attached hydrogens (tertiary/aromatic N) is 1. The second-order valence-corrected chi connectivity index (χ2v) is 6.75. The van der Waals surface area contributed by atoms with E-state index < -0.39 is 28.5 Å². The van der Waals surface area contributed by atoms with Crippen molar-refractivity contribution in [3.63, 3.8) is 0 Å². The van der Waals surface area contributed by atoms with E-state index in [4.69, 9.17) is 5.26 Å². The lowest BCUT2D eigenvalue weighted by Gasteiger charge is -2.16. The highest BCUT2D eigenvalue weighted by molar-refractivity contribution is 7.90. The van der Waals surface area contributed by atoms with Crippen molar-refractivity contribution >= 4 is 21.7 Å². The zero-order valence-corrected chi connectivity index (χ0v) is 12.8. The summed E-state index contributed by atoms with van der Waals surface area (Å²) in [6.07, 6.45) is 3.67. The fourth-order valence-corrected chi connectivity index (χ4v) is 2.19. The normalized spacial score (nSPS) is 12.0. The summed E-state index contributed by atoms with van der Waals surface area (Å²) in [5.74, 6) is -1.18. The number of carbonyl (C=O) groups is 2. The van der Waals surface area contributed by atoms with E-state index in [1.807, 2.05) is 0 Å². The minimum atomic E-state index is -3.14. The highest BCUT2D eigenvalue weighted by Gasteiger charge is 2.22. The maximum atomic E-state index is 11.7. The third-order valence-electron chi connectivity index (χ3n) is 2.48. The van der Waals surface area contributed by atoms with E-state index in [-0.39, 0.29) is 30.9 Å². The summed E-state index contributed by atoms with van der Waals surface area (Å²) in [6.45, 7) is 3.08. The Morgan fingerprint density at radius 1 is 1.48 bits per heavy atom. The van der Waals surface area contributed by atoms with Gasteiger partial charge in [-0.15, -0.1) is 6.58 Å². The van der Waals surface area contributed by atoms with E-state index >= 15 is 0 Å². The minimum absolute atomic E-state index is 0.0858. The van der Waals surface area contributed by atoms with E-state index in [0.717, 1.165) is 6.26 Å². The molecule has 0 fully saturated rings. The quantitative estimate of drug-likeness (QED) is 0.459. The van der Waals surface area contributed by atoms with Crippen LogP contribution in [0.5, 0.6) is 0 Å². The number of allylic oxidation sites excluding steroid dienone is 1. The van der Waals surface area contributed by atoms with Crippen LogP contribution in [0, 0.1) is 11.3 Å². The molecule has 118 valence electrons. The van der Waals surface area contributed by atoms with Crippen LogP contribution in [-0.4, -0.2) is 45.0 Å². The first-order valence-corrected chi connectivity index (χ1v) is 8.47. The van der Waals surface area contributed by atoms with E-state index in [2.05, 4.69) is 16.6 Å². The van der Waals surface area contributed by atoms with E-state index in [1.165, 1.54) is 0 Å². The minimum Gasteiger partial charge on any atom is -0.449 e. The highest BCUT2D eigenvalue weighted by Crippen LogP contribution is 2.04. The largest absolute Gasteiger partial charge is 0.449 e. The topological polar surface area (TPSA) is 113 Å². The molecule has 0 bridgehead atoms. The molecule has 0 radical (unpaired) electrons. The monoisotopic (exact) mass is 316 g/mol. The van der Waals surface area contributed by atoms with Gasteiger partial charge in [-0.2, -0.15) is 5.26 Å². The predicted octanol–water partition coefficient (Wildman–Crippen LogP) is 0.329. The van der Waals surface area contributed by atoms with Gasteiger partial charge in [-0.1, -0.05) is 6.08 Å². The van der Waals surface area contributed by atoms with Crippen LogP contribution in [0.4, 0.5) is 0 Å². The molecule has 0 rings (SSSR count). The van der Waals surface area contributed by atoms with Gasteiger partial charge in [0.05, 0.1) is 0 Å². The molecule has 0 aliphatic carbocycles. The van der Waals surface area contributed by atoms with Crippen molar-refractivity contribution in [3.8, 4) is 6.07 Å². The molecule has 0 unspecified atom stereocenters. The molecule has 0 saturated carbocycles. The molecule has 0 aromatic heterocycles. The molecular formula is C13H20N2O5S. The number of nitriles is 1. The van der Waals surface area contributed by atoms with E-state index in [9.17, 15) is 18.0 Å². The van der Waals surface area contributed by atoms with Gasteiger partial charge in [-0.05, 0) is 19.3 Å². The molecule has 8 heteroatoms. The standard InChI is InChI=1S/C13H20N2O5S/c1-3-4-7-12(16)15-11(13(17)20-9-8-14)6-5-10-21(2,18)19/h3,11H,1,4-7,9-10H2,2H3,(H,15,16)/t11-/m0/s1. The van der Waals surface area contributed by atoms with Crippen LogP contribution >= 0.6 is 0 Å². The van der Waals surface area contributed by atoms with Gasteiger partial charge in [0.25, 0.3) is 0 Å². The first-order chi connectivity index (χ1) is 9.80. The number of rotatable bonds is 10. The van der Waals surface area contributed by atoms with Crippen molar-refractivity contribution in [1.82, 2.24) is 5.32 Å². The third-order valence-corrected chi connectivity index (χ3v) is 3.51. The molecular weight excluding hydrogens is 296 g/mol. The highest BCUT2D eigenvalue weighted by atomic mass is 32.2. The maximum Gasteiger partial charge on any atom is 0.329 e. The number of sulfone groups is 1. The van der Waals surface area contributed by atoms with Gasteiger partial charge in [0, 0.05) is 18.4 Å².